The molecule has 1 aliphatic heterocycles. The molecule has 0 aliphatic carbocycles. The van der Waals surface area contributed by atoms with Crippen molar-refractivity contribution in [2.45, 2.75) is 51.6 Å². The molecule has 7 heteroatoms. The number of piperidine rings is 1. The second-order valence-electron chi connectivity index (χ2n) is 7.81. The Kier molecular flexibility index (Phi) is 9.07. The van der Waals surface area contributed by atoms with Crippen LogP contribution in [0.4, 0.5) is 0 Å². The average molecular weight is 378 g/mol. The van der Waals surface area contributed by atoms with Gasteiger partial charge in [0, 0.05) is 44.5 Å². The second-order valence-corrected chi connectivity index (χ2v) is 7.81. The van der Waals surface area contributed by atoms with Crippen molar-refractivity contribution in [3.8, 4) is 0 Å². The zero-order valence-electron chi connectivity index (χ0n) is 17.9. The lowest BCUT2D eigenvalue weighted by Crippen LogP contribution is -2.41. The number of aryl methyl sites for hydroxylation is 1. The molecule has 0 saturated carbocycles. The highest BCUT2D eigenvalue weighted by Crippen LogP contribution is 2.18. The monoisotopic (exact) mass is 377 g/mol. The minimum Gasteiger partial charge on any atom is -0.357 e. The average Bonchev–Trinajstić information content (AvgIpc) is 3.05. The molecule has 2 N–H and O–H groups in total. The highest BCUT2D eigenvalue weighted by atomic mass is 15.3. The second kappa shape index (κ2) is 11.3. The predicted molar refractivity (Wildman–Crippen MR) is 113 cm³/mol. The van der Waals surface area contributed by atoms with Gasteiger partial charge < -0.3 is 20.4 Å². The number of nitrogens with one attached hydrogen (secondary N) is 2. The van der Waals surface area contributed by atoms with Gasteiger partial charge in [0.25, 0.3) is 0 Å². The van der Waals surface area contributed by atoms with Crippen molar-refractivity contribution < 1.29 is 0 Å². The van der Waals surface area contributed by atoms with Crippen LogP contribution in [-0.2, 0) is 7.05 Å². The maximum atomic E-state index is 4.82. The number of aromatic nitrogens is 2. The first-order chi connectivity index (χ1) is 13.0. The highest BCUT2D eigenvalue weighted by molar-refractivity contribution is 5.79. The molecule has 0 bridgehead atoms. The van der Waals surface area contributed by atoms with E-state index in [9.17, 15) is 0 Å². The number of likely N-dealkylation sites (tertiary alicyclic amines) is 1. The van der Waals surface area contributed by atoms with Crippen LogP contribution in [0, 0.1) is 0 Å². The number of hydrogen-bond donors (Lipinski definition) is 2. The smallest absolute Gasteiger partial charge is 0.191 e. The summed E-state index contributed by atoms with van der Waals surface area (Å²) in [6, 6.07) is 0.962. The van der Waals surface area contributed by atoms with E-state index in [4.69, 9.17) is 4.99 Å². The van der Waals surface area contributed by atoms with Crippen LogP contribution in [0.5, 0.6) is 0 Å². The Hall–Kier alpha value is -1.60. The number of hydrogen-bond acceptors (Lipinski definition) is 4. The van der Waals surface area contributed by atoms with Crippen molar-refractivity contribution in [1.82, 2.24) is 30.2 Å². The molecular weight excluding hydrogens is 338 g/mol. The summed E-state index contributed by atoms with van der Waals surface area (Å²) in [6.45, 7) is 9.42. The highest BCUT2D eigenvalue weighted by Gasteiger charge is 2.18. The largest absolute Gasteiger partial charge is 0.357 e. The van der Waals surface area contributed by atoms with Crippen LogP contribution in [-0.4, -0.2) is 78.4 Å². The summed E-state index contributed by atoms with van der Waals surface area (Å²) in [7, 11) is 6.13. The molecule has 2 atom stereocenters. The van der Waals surface area contributed by atoms with Gasteiger partial charge in [-0.2, -0.15) is 5.10 Å². The van der Waals surface area contributed by atoms with Crippen LogP contribution < -0.4 is 10.6 Å². The lowest BCUT2D eigenvalue weighted by molar-refractivity contribution is 0.159. The molecule has 1 saturated heterocycles. The number of nitrogens with zero attached hydrogens (tertiary/aromatic N) is 5. The Morgan fingerprint density at radius 1 is 1.37 bits per heavy atom. The summed E-state index contributed by atoms with van der Waals surface area (Å²) < 4.78 is 1.85. The number of likely N-dealkylation sites (N-methyl/N-ethyl adjacent to an activating group) is 1. The third kappa shape index (κ3) is 7.14. The summed E-state index contributed by atoms with van der Waals surface area (Å²) in [4.78, 5) is 9.64. The van der Waals surface area contributed by atoms with E-state index in [0.29, 0.717) is 6.54 Å². The maximum absolute atomic E-state index is 4.82. The van der Waals surface area contributed by atoms with Gasteiger partial charge in [-0.15, -0.1) is 0 Å². The standard InChI is InChI=1S/C20H39N7/c1-6-21-20(22-11-9-13-27-12-8-7-10-17(27)2)23-15-19(25(3)4)18-14-24-26(5)16-18/h14,16-17,19H,6-13,15H2,1-5H3,(H2,21,22,23). The Morgan fingerprint density at radius 3 is 2.81 bits per heavy atom. The van der Waals surface area contributed by atoms with Gasteiger partial charge in [0.2, 0.25) is 0 Å². The van der Waals surface area contributed by atoms with Gasteiger partial charge in [-0.1, -0.05) is 6.42 Å². The van der Waals surface area contributed by atoms with Crippen molar-refractivity contribution in [1.29, 1.82) is 0 Å². The molecule has 0 amide bonds. The van der Waals surface area contributed by atoms with Gasteiger partial charge in [-0.3, -0.25) is 9.67 Å². The zero-order valence-corrected chi connectivity index (χ0v) is 17.9. The Morgan fingerprint density at radius 2 is 2.19 bits per heavy atom. The third-order valence-electron chi connectivity index (χ3n) is 5.35. The number of guanidine groups is 1. The molecule has 27 heavy (non-hydrogen) atoms. The first kappa shape index (κ1) is 21.7. The van der Waals surface area contributed by atoms with E-state index in [1.54, 1.807) is 0 Å². The zero-order chi connectivity index (χ0) is 19.6. The Labute approximate surface area is 165 Å². The molecule has 2 unspecified atom stereocenters. The third-order valence-corrected chi connectivity index (χ3v) is 5.35. The van der Waals surface area contributed by atoms with Gasteiger partial charge in [-0.25, -0.2) is 0 Å². The molecular formula is C20H39N7. The van der Waals surface area contributed by atoms with E-state index < -0.39 is 0 Å². The topological polar surface area (TPSA) is 60.7 Å². The minimum atomic E-state index is 0.225. The van der Waals surface area contributed by atoms with Crippen LogP contribution in [0.3, 0.4) is 0 Å². The lowest BCUT2D eigenvalue weighted by atomic mass is 10.0. The molecule has 2 rings (SSSR count). The van der Waals surface area contributed by atoms with E-state index >= 15 is 0 Å². The Bertz CT molecular complexity index is 566. The summed E-state index contributed by atoms with van der Waals surface area (Å²) in [5.41, 5.74) is 1.20. The maximum Gasteiger partial charge on any atom is 0.191 e. The number of rotatable bonds is 9. The van der Waals surface area contributed by atoms with Gasteiger partial charge in [-0.05, 0) is 53.8 Å². The number of aliphatic imine (C=N–C) groups is 1. The normalized spacial score (nSPS) is 20.1. The fourth-order valence-electron chi connectivity index (χ4n) is 3.68. The van der Waals surface area contributed by atoms with Crippen molar-refractivity contribution in [2.75, 3.05) is 46.8 Å². The molecule has 1 aliphatic rings. The fourth-order valence-corrected chi connectivity index (χ4v) is 3.68. The first-order valence-corrected chi connectivity index (χ1v) is 10.4. The summed E-state index contributed by atoms with van der Waals surface area (Å²) in [6.07, 6.45) is 9.23. The van der Waals surface area contributed by atoms with E-state index in [1.165, 1.54) is 37.9 Å². The predicted octanol–water partition coefficient (Wildman–Crippen LogP) is 1.84. The van der Waals surface area contributed by atoms with Crippen LogP contribution in [0.15, 0.2) is 17.4 Å². The molecule has 0 aromatic carbocycles. The van der Waals surface area contributed by atoms with Crippen molar-refractivity contribution in [3.63, 3.8) is 0 Å². The SMILES string of the molecule is CCNC(=NCC(c1cnn(C)c1)N(C)C)NCCCN1CCCCC1C. The van der Waals surface area contributed by atoms with E-state index in [0.717, 1.165) is 31.5 Å². The van der Waals surface area contributed by atoms with Crippen LogP contribution >= 0.6 is 0 Å². The molecule has 1 aromatic heterocycles. The van der Waals surface area contributed by atoms with Crippen molar-refractivity contribution >= 4 is 5.96 Å². The van der Waals surface area contributed by atoms with Crippen LogP contribution in [0.25, 0.3) is 0 Å². The van der Waals surface area contributed by atoms with E-state index in [-0.39, 0.29) is 6.04 Å². The molecule has 1 aromatic rings. The van der Waals surface area contributed by atoms with Crippen LogP contribution in [0.2, 0.25) is 0 Å². The molecule has 154 valence electrons. The fraction of sp³-hybridized carbons (Fsp3) is 0.800. The lowest BCUT2D eigenvalue weighted by Gasteiger charge is -2.33. The molecule has 7 nitrogen and oxygen atoms in total. The van der Waals surface area contributed by atoms with E-state index in [1.807, 2.05) is 17.9 Å². The summed E-state index contributed by atoms with van der Waals surface area (Å²) in [5, 5.41) is 11.2. The van der Waals surface area contributed by atoms with Gasteiger partial charge in [0.1, 0.15) is 0 Å². The quantitative estimate of drug-likeness (QED) is 0.391. The summed E-state index contributed by atoms with van der Waals surface area (Å²) in [5.74, 6) is 0.903. The van der Waals surface area contributed by atoms with Crippen LogP contribution in [0.1, 0.15) is 51.1 Å². The van der Waals surface area contributed by atoms with Gasteiger partial charge >= 0.3 is 0 Å². The minimum absolute atomic E-state index is 0.225. The molecule has 0 spiro atoms. The summed E-state index contributed by atoms with van der Waals surface area (Å²) >= 11 is 0. The van der Waals surface area contributed by atoms with Crippen molar-refractivity contribution in [3.05, 3.63) is 18.0 Å². The van der Waals surface area contributed by atoms with Gasteiger partial charge in [0.15, 0.2) is 5.96 Å². The first-order valence-electron chi connectivity index (χ1n) is 10.4. The van der Waals surface area contributed by atoms with E-state index in [2.05, 4.69) is 59.7 Å². The molecule has 1 fully saturated rings. The van der Waals surface area contributed by atoms with Crippen molar-refractivity contribution in [2.24, 2.45) is 12.0 Å². The van der Waals surface area contributed by atoms with Gasteiger partial charge in [0.05, 0.1) is 18.8 Å². The molecule has 2 heterocycles. The Balaban J connectivity index is 1.83. The molecule has 0 radical (unpaired) electrons.